The first-order valence-electron chi connectivity index (χ1n) is 6.38. The minimum absolute atomic E-state index is 0.0807. The van der Waals surface area contributed by atoms with Crippen molar-refractivity contribution in [3.63, 3.8) is 0 Å². The maximum atomic E-state index is 11.1. The van der Waals surface area contributed by atoms with Crippen molar-refractivity contribution in [2.45, 2.75) is 51.6 Å². The van der Waals surface area contributed by atoms with Gasteiger partial charge in [0.1, 0.15) is 16.9 Å². The van der Waals surface area contributed by atoms with Crippen LogP contribution in [0, 0.1) is 5.41 Å². The van der Waals surface area contributed by atoms with Gasteiger partial charge in [0.15, 0.2) is 0 Å². The fourth-order valence-electron chi connectivity index (χ4n) is 2.72. The second-order valence-corrected chi connectivity index (χ2v) is 6.02. The van der Waals surface area contributed by atoms with Gasteiger partial charge in [-0.05, 0) is 43.6 Å². The molecule has 1 fully saturated rings. The first-order chi connectivity index (χ1) is 8.34. The first kappa shape index (κ1) is 13.1. The average Bonchev–Trinajstić information content (AvgIpc) is 2.71. The molecule has 1 saturated carbocycles. The predicted octanol–water partition coefficient (Wildman–Crippen LogP) is 3.16. The summed E-state index contributed by atoms with van der Waals surface area (Å²) in [4.78, 5) is 11.1. The van der Waals surface area contributed by atoms with E-state index in [0.29, 0.717) is 12.8 Å². The summed E-state index contributed by atoms with van der Waals surface area (Å²) in [5, 5.41) is 19.8. The molecule has 0 saturated heterocycles. The van der Waals surface area contributed by atoms with Crippen LogP contribution in [-0.4, -0.2) is 16.2 Å². The van der Waals surface area contributed by atoms with Crippen LogP contribution in [0.5, 0.6) is 0 Å². The fourth-order valence-corrected chi connectivity index (χ4v) is 2.72. The molecular formula is C14H20O4. The Morgan fingerprint density at radius 3 is 2.67 bits per heavy atom. The molecule has 0 bridgehead atoms. The number of aromatic carboxylic acids is 1. The van der Waals surface area contributed by atoms with E-state index in [0.717, 1.165) is 19.3 Å². The van der Waals surface area contributed by atoms with Crippen molar-refractivity contribution >= 4 is 5.97 Å². The fraction of sp³-hybridized carbons (Fsp3) is 0.643. The summed E-state index contributed by atoms with van der Waals surface area (Å²) in [6, 6.07) is 1.41. The smallest absolute Gasteiger partial charge is 0.339 e. The predicted molar refractivity (Wildman–Crippen MR) is 66.4 cm³/mol. The maximum Gasteiger partial charge on any atom is 0.339 e. The molecule has 4 heteroatoms. The van der Waals surface area contributed by atoms with Gasteiger partial charge in [0.25, 0.3) is 0 Å². The van der Waals surface area contributed by atoms with Gasteiger partial charge in [0.2, 0.25) is 0 Å². The summed E-state index contributed by atoms with van der Waals surface area (Å²) < 4.78 is 5.26. The topological polar surface area (TPSA) is 70.7 Å². The number of aliphatic hydroxyl groups is 1. The molecule has 2 rings (SSSR count). The summed E-state index contributed by atoms with van der Waals surface area (Å²) in [6.45, 7) is 4.36. The minimum atomic E-state index is -1.13. The lowest BCUT2D eigenvalue weighted by molar-refractivity contribution is -0.00417. The Labute approximate surface area is 107 Å². The molecule has 1 aliphatic rings. The highest BCUT2D eigenvalue weighted by atomic mass is 16.4. The van der Waals surface area contributed by atoms with Crippen molar-refractivity contribution in [3.05, 3.63) is 23.7 Å². The van der Waals surface area contributed by atoms with Crippen LogP contribution in [0.15, 0.2) is 16.7 Å². The SMILES string of the molecule is CC1(C)CCCC(O)(c2occc2C(=O)O)CC1. The highest BCUT2D eigenvalue weighted by Gasteiger charge is 2.40. The van der Waals surface area contributed by atoms with E-state index >= 15 is 0 Å². The van der Waals surface area contributed by atoms with E-state index < -0.39 is 11.6 Å². The summed E-state index contributed by atoms with van der Waals surface area (Å²) in [7, 11) is 0. The lowest BCUT2D eigenvalue weighted by Gasteiger charge is -2.26. The van der Waals surface area contributed by atoms with Gasteiger partial charge in [-0.1, -0.05) is 13.8 Å². The normalized spacial score (nSPS) is 27.7. The number of furan rings is 1. The van der Waals surface area contributed by atoms with E-state index in [1.807, 2.05) is 0 Å². The molecule has 1 aromatic heterocycles. The largest absolute Gasteiger partial charge is 0.478 e. The zero-order valence-corrected chi connectivity index (χ0v) is 10.9. The van der Waals surface area contributed by atoms with Crippen molar-refractivity contribution in [1.29, 1.82) is 0 Å². The molecule has 1 heterocycles. The number of carboxylic acids is 1. The van der Waals surface area contributed by atoms with Gasteiger partial charge in [-0.15, -0.1) is 0 Å². The minimum Gasteiger partial charge on any atom is -0.478 e. The Morgan fingerprint density at radius 1 is 1.28 bits per heavy atom. The van der Waals surface area contributed by atoms with Crippen LogP contribution in [-0.2, 0) is 5.60 Å². The average molecular weight is 252 g/mol. The van der Waals surface area contributed by atoms with E-state index in [-0.39, 0.29) is 16.7 Å². The Balaban J connectivity index is 2.30. The van der Waals surface area contributed by atoms with Crippen molar-refractivity contribution in [2.24, 2.45) is 5.41 Å². The van der Waals surface area contributed by atoms with Gasteiger partial charge in [0, 0.05) is 0 Å². The zero-order chi connectivity index (χ0) is 13.4. The van der Waals surface area contributed by atoms with Crippen LogP contribution >= 0.6 is 0 Å². The van der Waals surface area contributed by atoms with Crippen molar-refractivity contribution in [2.75, 3.05) is 0 Å². The monoisotopic (exact) mass is 252 g/mol. The number of hydrogen-bond acceptors (Lipinski definition) is 3. The van der Waals surface area contributed by atoms with Crippen LogP contribution in [0.25, 0.3) is 0 Å². The third kappa shape index (κ3) is 2.43. The van der Waals surface area contributed by atoms with Crippen LogP contribution < -0.4 is 0 Å². The number of carbonyl (C=O) groups is 1. The van der Waals surface area contributed by atoms with E-state index in [1.54, 1.807) is 0 Å². The standard InChI is InChI=1S/C14H20O4/c1-13(2)5-3-6-14(17,8-7-13)11-10(12(15)16)4-9-18-11/h4,9,17H,3,5-8H2,1-2H3,(H,15,16). The van der Waals surface area contributed by atoms with Gasteiger partial charge >= 0.3 is 5.97 Å². The molecule has 4 nitrogen and oxygen atoms in total. The van der Waals surface area contributed by atoms with Gasteiger partial charge in [-0.3, -0.25) is 0 Å². The Bertz CT molecular complexity index is 446. The first-order valence-corrected chi connectivity index (χ1v) is 6.38. The number of carboxylic acid groups (broad SMARTS) is 1. The molecule has 2 N–H and O–H groups in total. The van der Waals surface area contributed by atoms with Crippen LogP contribution in [0.2, 0.25) is 0 Å². The molecule has 0 aliphatic heterocycles. The molecule has 1 aliphatic carbocycles. The van der Waals surface area contributed by atoms with Gasteiger partial charge in [-0.2, -0.15) is 0 Å². The molecule has 1 unspecified atom stereocenters. The molecule has 0 spiro atoms. The molecule has 100 valence electrons. The lowest BCUT2D eigenvalue weighted by atomic mass is 9.83. The Kier molecular flexibility index (Phi) is 3.23. The van der Waals surface area contributed by atoms with Gasteiger partial charge in [0.05, 0.1) is 6.26 Å². The van der Waals surface area contributed by atoms with Gasteiger partial charge < -0.3 is 14.6 Å². The van der Waals surface area contributed by atoms with Crippen LogP contribution in [0.3, 0.4) is 0 Å². The highest BCUT2D eigenvalue weighted by molar-refractivity contribution is 5.89. The van der Waals surface area contributed by atoms with Gasteiger partial charge in [-0.25, -0.2) is 4.79 Å². The van der Waals surface area contributed by atoms with Crippen LogP contribution in [0.1, 0.15) is 62.1 Å². The highest BCUT2D eigenvalue weighted by Crippen LogP contribution is 2.43. The summed E-state index contributed by atoms with van der Waals surface area (Å²) in [5.74, 6) is -0.830. The van der Waals surface area contributed by atoms with Crippen molar-refractivity contribution in [1.82, 2.24) is 0 Å². The Morgan fingerprint density at radius 2 is 2.00 bits per heavy atom. The third-order valence-electron chi connectivity index (χ3n) is 3.98. The van der Waals surface area contributed by atoms with Crippen LogP contribution in [0.4, 0.5) is 0 Å². The molecule has 1 atom stereocenters. The lowest BCUT2D eigenvalue weighted by Crippen LogP contribution is -2.27. The second-order valence-electron chi connectivity index (χ2n) is 6.02. The number of hydrogen-bond donors (Lipinski definition) is 2. The summed E-state index contributed by atoms with van der Waals surface area (Å²) in [5.41, 5.74) is -0.858. The van der Waals surface area contributed by atoms with E-state index in [4.69, 9.17) is 9.52 Å². The van der Waals surface area contributed by atoms with E-state index in [2.05, 4.69) is 13.8 Å². The molecule has 1 aromatic rings. The number of rotatable bonds is 2. The molecule has 0 aromatic carbocycles. The Hall–Kier alpha value is -1.29. The summed E-state index contributed by atoms with van der Waals surface area (Å²) in [6.07, 6.45) is 5.23. The molecule has 18 heavy (non-hydrogen) atoms. The van der Waals surface area contributed by atoms with E-state index in [1.165, 1.54) is 12.3 Å². The van der Waals surface area contributed by atoms with E-state index in [9.17, 15) is 9.90 Å². The van der Waals surface area contributed by atoms with Crippen molar-refractivity contribution in [3.8, 4) is 0 Å². The molecular weight excluding hydrogens is 232 g/mol. The maximum absolute atomic E-state index is 11.1. The molecule has 0 amide bonds. The zero-order valence-electron chi connectivity index (χ0n) is 10.9. The van der Waals surface area contributed by atoms with Crippen molar-refractivity contribution < 1.29 is 19.4 Å². The summed E-state index contributed by atoms with van der Waals surface area (Å²) >= 11 is 0. The quantitative estimate of drug-likeness (QED) is 0.793. The molecule has 0 radical (unpaired) electrons. The third-order valence-corrected chi connectivity index (χ3v) is 3.98. The second kappa shape index (κ2) is 4.43.